The Morgan fingerprint density at radius 1 is 1.11 bits per heavy atom. The minimum Gasteiger partial charge on any atom is -0.322 e. The van der Waals surface area contributed by atoms with Crippen molar-refractivity contribution in [2.24, 2.45) is 11.7 Å². The van der Waals surface area contributed by atoms with E-state index in [9.17, 15) is 0 Å². The number of aromatic nitrogens is 3. The summed E-state index contributed by atoms with van der Waals surface area (Å²) in [6.07, 6.45) is 0. The van der Waals surface area contributed by atoms with Gasteiger partial charge in [0.05, 0.1) is 12.1 Å². The molecule has 0 aliphatic heterocycles. The van der Waals surface area contributed by atoms with Crippen LogP contribution >= 0.6 is 0 Å². The zero-order valence-electron chi connectivity index (χ0n) is 12.0. The van der Waals surface area contributed by atoms with E-state index in [1.54, 1.807) is 0 Å². The molecule has 0 saturated heterocycles. The molecule has 0 aliphatic carbocycles. The van der Waals surface area contributed by atoms with Crippen molar-refractivity contribution in [2.75, 3.05) is 0 Å². The lowest BCUT2D eigenvalue weighted by Crippen LogP contribution is -2.30. The predicted octanol–water partition coefficient (Wildman–Crippen LogP) is 2.79. The number of hydrogen-bond acceptors (Lipinski definition) is 3. The molecule has 2 atom stereocenters. The molecule has 0 radical (unpaired) electrons. The smallest absolute Gasteiger partial charge is 0.147 e. The minimum atomic E-state index is -0.0824. The zero-order valence-corrected chi connectivity index (χ0v) is 12.0. The Morgan fingerprint density at radius 3 is 2.21 bits per heavy atom. The van der Waals surface area contributed by atoms with Crippen LogP contribution in [0.4, 0.5) is 0 Å². The summed E-state index contributed by atoms with van der Waals surface area (Å²) >= 11 is 0. The van der Waals surface area contributed by atoms with Crippen LogP contribution in [0.3, 0.4) is 0 Å². The molecule has 0 spiro atoms. The van der Waals surface area contributed by atoms with E-state index in [2.05, 4.69) is 36.1 Å². The van der Waals surface area contributed by atoms with Crippen LogP contribution in [0.2, 0.25) is 0 Å². The Hall–Kier alpha value is -1.68. The topological polar surface area (TPSA) is 56.7 Å². The molecule has 2 rings (SSSR count). The molecule has 1 heterocycles. The van der Waals surface area contributed by atoms with Gasteiger partial charge in [0.1, 0.15) is 11.6 Å². The third-order valence-electron chi connectivity index (χ3n) is 3.43. The molecule has 2 unspecified atom stereocenters. The fraction of sp³-hybridized carbons (Fsp3) is 0.467. The van der Waals surface area contributed by atoms with Crippen molar-refractivity contribution >= 4 is 0 Å². The lowest BCUT2D eigenvalue weighted by atomic mass is 9.92. The van der Waals surface area contributed by atoms with Crippen molar-refractivity contribution in [3.05, 3.63) is 47.5 Å². The Labute approximate surface area is 114 Å². The highest BCUT2D eigenvalue weighted by Gasteiger charge is 2.27. The van der Waals surface area contributed by atoms with Gasteiger partial charge in [0.25, 0.3) is 0 Å². The van der Waals surface area contributed by atoms with Crippen LogP contribution < -0.4 is 5.73 Å². The number of rotatable bonds is 4. The summed E-state index contributed by atoms with van der Waals surface area (Å²) < 4.78 is 1.97. The fourth-order valence-corrected chi connectivity index (χ4v) is 2.54. The van der Waals surface area contributed by atoms with Crippen molar-refractivity contribution in [3.8, 4) is 0 Å². The molecule has 4 heteroatoms. The lowest BCUT2D eigenvalue weighted by Gasteiger charge is -2.28. The minimum absolute atomic E-state index is 0.0824. The Morgan fingerprint density at radius 2 is 1.74 bits per heavy atom. The first-order valence-corrected chi connectivity index (χ1v) is 6.71. The van der Waals surface area contributed by atoms with Gasteiger partial charge in [0.15, 0.2) is 0 Å². The van der Waals surface area contributed by atoms with E-state index in [1.807, 2.05) is 36.7 Å². The predicted molar refractivity (Wildman–Crippen MR) is 76.7 cm³/mol. The summed E-state index contributed by atoms with van der Waals surface area (Å²) in [7, 11) is 0. The summed E-state index contributed by atoms with van der Waals surface area (Å²) in [5, 5.41) is 4.50. The molecule has 4 nitrogen and oxygen atoms in total. The lowest BCUT2D eigenvalue weighted by molar-refractivity contribution is 0.288. The molecule has 19 heavy (non-hydrogen) atoms. The first-order valence-electron chi connectivity index (χ1n) is 6.71. The maximum absolute atomic E-state index is 6.46. The van der Waals surface area contributed by atoms with Gasteiger partial charge in [-0.1, -0.05) is 44.2 Å². The van der Waals surface area contributed by atoms with Crippen LogP contribution in [0, 0.1) is 19.8 Å². The van der Waals surface area contributed by atoms with E-state index in [0.29, 0.717) is 5.92 Å². The van der Waals surface area contributed by atoms with Gasteiger partial charge in [0, 0.05) is 0 Å². The number of nitrogens with two attached hydrogens (primary N) is 1. The van der Waals surface area contributed by atoms with Gasteiger partial charge in [-0.2, -0.15) is 5.10 Å². The largest absolute Gasteiger partial charge is 0.322 e. The highest BCUT2D eigenvalue weighted by atomic mass is 15.4. The maximum atomic E-state index is 6.46. The molecule has 1 aromatic carbocycles. The first-order chi connectivity index (χ1) is 9.00. The van der Waals surface area contributed by atoms with Gasteiger partial charge >= 0.3 is 0 Å². The summed E-state index contributed by atoms with van der Waals surface area (Å²) in [5.74, 6) is 2.10. The average Bonchev–Trinajstić information content (AvgIpc) is 2.69. The molecule has 102 valence electrons. The molecule has 0 saturated carbocycles. The quantitative estimate of drug-likeness (QED) is 0.917. The summed E-state index contributed by atoms with van der Waals surface area (Å²) in [6, 6.07) is 10.2. The van der Waals surface area contributed by atoms with Crippen molar-refractivity contribution in [1.82, 2.24) is 14.8 Å². The van der Waals surface area contributed by atoms with E-state index in [1.165, 1.54) is 0 Å². The van der Waals surface area contributed by atoms with Crippen molar-refractivity contribution in [3.63, 3.8) is 0 Å². The average molecular weight is 258 g/mol. The molecular weight excluding hydrogens is 236 g/mol. The Kier molecular flexibility index (Phi) is 4.00. The van der Waals surface area contributed by atoms with Gasteiger partial charge in [-0.05, 0) is 25.3 Å². The fourth-order valence-electron chi connectivity index (χ4n) is 2.54. The number of hydrogen-bond donors (Lipinski definition) is 1. The van der Waals surface area contributed by atoms with E-state index in [4.69, 9.17) is 5.73 Å². The summed E-state index contributed by atoms with van der Waals surface area (Å²) in [5.41, 5.74) is 7.59. The van der Waals surface area contributed by atoms with Gasteiger partial charge in [-0.15, -0.1) is 0 Å². The van der Waals surface area contributed by atoms with Crippen molar-refractivity contribution < 1.29 is 0 Å². The highest BCUT2D eigenvalue weighted by molar-refractivity contribution is 5.20. The van der Waals surface area contributed by atoms with E-state index in [0.717, 1.165) is 17.2 Å². The molecule has 0 amide bonds. The van der Waals surface area contributed by atoms with Gasteiger partial charge in [-0.25, -0.2) is 9.67 Å². The second-order valence-corrected chi connectivity index (χ2v) is 5.32. The normalized spacial score (nSPS) is 14.6. The molecule has 1 aromatic heterocycles. The van der Waals surface area contributed by atoms with E-state index < -0.39 is 0 Å². The van der Waals surface area contributed by atoms with Crippen molar-refractivity contribution in [2.45, 2.75) is 39.8 Å². The van der Waals surface area contributed by atoms with Gasteiger partial charge in [0.2, 0.25) is 0 Å². The van der Waals surface area contributed by atoms with Crippen LogP contribution in [-0.2, 0) is 0 Å². The summed E-state index contributed by atoms with van der Waals surface area (Å²) in [4.78, 5) is 4.39. The third kappa shape index (κ3) is 2.84. The van der Waals surface area contributed by atoms with Crippen LogP contribution in [0.5, 0.6) is 0 Å². The third-order valence-corrected chi connectivity index (χ3v) is 3.43. The Bertz CT molecular complexity index is 530. The van der Waals surface area contributed by atoms with Crippen LogP contribution in [0.1, 0.15) is 43.1 Å². The summed E-state index contributed by atoms with van der Waals surface area (Å²) in [6.45, 7) is 8.23. The molecular formula is C15H22N4. The molecule has 0 fully saturated rings. The molecule has 0 bridgehead atoms. The van der Waals surface area contributed by atoms with Crippen molar-refractivity contribution in [1.29, 1.82) is 0 Å². The van der Waals surface area contributed by atoms with Crippen LogP contribution in [0.25, 0.3) is 0 Å². The van der Waals surface area contributed by atoms with Crippen LogP contribution in [-0.4, -0.2) is 14.8 Å². The molecule has 2 aromatic rings. The van der Waals surface area contributed by atoms with Gasteiger partial charge < -0.3 is 5.73 Å². The zero-order chi connectivity index (χ0) is 14.0. The second kappa shape index (κ2) is 5.53. The highest BCUT2D eigenvalue weighted by Crippen LogP contribution is 2.30. The number of benzene rings is 1. The van der Waals surface area contributed by atoms with Gasteiger partial charge in [-0.3, -0.25) is 0 Å². The van der Waals surface area contributed by atoms with E-state index >= 15 is 0 Å². The molecule has 2 N–H and O–H groups in total. The Balaban J connectivity index is 2.39. The SMILES string of the molecule is Cc1nc(C)n(C(C(C)C)C(N)c2ccccc2)n1. The first kappa shape index (κ1) is 13.7. The monoisotopic (exact) mass is 258 g/mol. The number of nitrogens with zero attached hydrogens (tertiary/aromatic N) is 3. The molecule has 0 aliphatic rings. The maximum Gasteiger partial charge on any atom is 0.147 e. The van der Waals surface area contributed by atoms with E-state index in [-0.39, 0.29) is 12.1 Å². The van der Waals surface area contributed by atoms with Crippen LogP contribution in [0.15, 0.2) is 30.3 Å². The standard InChI is InChI=1S/C15H22N4/c1-10(2)15(19-12(4)17-11(3)18-19)14(16)13-8-6-5-7-9-13/h5-10,14-15H,16H2,1-4H3. The second-order valence-electron chi connectivity index (χ2n) is 5.32. The number of aryl methyl sites for hydroxylation is 2.